The molecule has 1 aromatic carbocycles. The van der Waals surface area contributed by atoms with Gasteiger partial charge in [0.25, 0.3) is 0 Å². The van der Waals surface area contributed by atoms with Crippen LogP contribution < -0.4 is 19.9 Å². The third-order valence-corrected chi connectivity index (χ3v) is 5.83. The van der Waals surface area contributed by atoms with Crippen LogP contribution >= 0.6 is 0 Å². The molecule has 4 rings (SSSR count). The molecule has 0 radical (unpaired) electrons. The van der Waals surface area contributed by atoms with E-state index in [0.717, 1.165) is 57.4 Å². The molecule has 1 N–H and O–H groups in total. The van der Waals surface area contributed by atoms with E-state index < -0.39 is 0 Å². The van der Waals surface area contributed by atoms with Gasteiger partial charge in [-0.25, -0.2) is 9.97 Å². The van der Waals surface area contributed by atoms with Crippen molar-refractivity contribution in [3.63, 3.8) is 0 Å². The highest BCUT2D eigenvalue weighted by Crippen LogP contribution is 2.32. The second-order valence-corrected chi connectivity index (χ2v) is 7.70. The molecule has 2 saturated heterocycles. The van der Waals surface area contributed by atoms with Crippen LogP contribution in [0.25, 0.3) is 0 Å². The lowest BCUT2D eigenvalue weighted by Crippen LogP contribution is -2.47. The van der Waals surface area contributed by atoms with Gasteiger partial charge >= 0.3 is 5.69 Å². The van der Waals surface area contributed by atoms with Crippen LogP contribution in [-0.2, 0) is 4.74 Å². The SMILES string of the molecule is COc1ccc(N2CCN(c3ncnc(NCCN4CCOCC4)c3[N+](=O)[O-])CC2)cc1. The summed E-state index contributed by atoms with van der Waals surface area (Å²) in [5.41, 5.74) is 1.04. The molecule has 32 heavy (non-hydrogen) atoms. The summed E-state index contributed by atoms with van der Waals surface area (Å²) in [6.45, 7) is 7.30. The first-order valence-electron chi connectivity index (χ1n) is 10.8. The van der Waals surface area contributed by atoms with Crippen LogP contribution in [0.1, 0.15) is 0 Å². The number of piperazine rings is 1. The lowest BCUT2D eigenvalue weighted by Gasteiger charge is -2.36. The van der Waals surface area contributed by atoms with Crippen molar-refractivity contribution in [2.24, 2.45) is 0 Å². The molecule has 0 spiro atoms. The quantitative estimate of drug-likeness (QED) is 0.476. The summed E-state index contributed by atoms with van der Waals surface area (Å²) >= 11 is 0. The maximum atomic E-state index is 11.9. The van der Waals surface area contributed by atoms with Crippen molar-refractivity contribution in [3.8, 4) is 5.75 Å². The van der Waals surface area contributed by atoms with Gasteiger partial charge in [0.15, 0.2) is 0 Å². The number of morpholine rings is 1. The molecule has 0 amide bonds. The Bertz CT molecular complexity index is 898. The first-order valence-corrected chi connectivity index (χ1v) is 10.8. The maximum absolute atomic E-state index is 11.9. The van der Waals surface area contributed by atoms with E-state index in [0.29, 0.717) is 25.5 Å². The average molecular weight is 444 g/mol. The van der Waals surface area contributed by atoms with E-state index in [-0.39, 0.29) is 16.4 Å². The van der Waals surface area contributed by atoms with Crippen LogP contribution in [0.15, 0.2) is 30.6 Å². The first-order chi connectivity index (χ1) is 15.7. The van der Waals surface area contributed by atoms with Crippen LogP contribution in [0.5, 0.6) is 5.75 Å². The number of nitrogens with one attached hydrogen (secondary N) is 1. The number of hydrogen-bond acceptors (Lipinski definition) is 10. The van der Waals surface area contributed by atoms with E-state index in [2.05, 4.69) is 25.1 Å². The average Bonchev–Trinajstić information content (AvgIpc) is 2.84. The lowest BCUT2D eigenvalue weighted by molar-refractivity contribution is -0.383. The van der Waals surface area contributed by atoms with E-state index in [1.807, 2.05) is 29.2 Å². The zero-order valence-electron chi connectivity index (χ0n) is 18.3. The van der Waals surface area contributed by atoms with Crippen molar-refractivity contribution in [3.05, 3.63) is 40.7 Å². The van der Waals surface area contributed by atoms with Crippen LogP contribution in [0.3, 0.4) is 0 Å². The largest absolute Gasteiger partial charge is 0.497 e. The Labute approximate surface area is 187 Å². The molecule has 0 unspecified atom stereocenters. The summed E-state index contributed by atoms with van der Waals surface area (Å²) in [6, 6.07) is 7.92. The summed E-state index contributed by atoms with van der Waals surface area (Å²) in [5.74, 6) is 1.46. The smallest absolute Gasteiger partial charge is 0.353 e. The number of nitro groups is 1. The predicted molar refractivity (Wildman–Crippen MR) is 122 cm³/mol. The summed E-state index contributed by atoms with van der Waals surface area (Å²) in [5, 5.41) is 15.0. The fourth-order valence-electron chi connectivity index (χ4n) is 4.03. The van der Waals surface area contributed by atoms with E-state index in [9.17, 15) is 10.1 Å². The Kier molecular flexibility index (Phi) is 7.17. The molecule has 1 aromatic heterocycles. The number of hydrogen-bond donors (Lipinski definition) is 1. The molecule has 0 bridgehead atoms. The molecule has 0 atom stereocenters. The van der Waals surface area contributed by atoms with Crippen LogP contribution in [0, 0.1) is 10.1 Å². The number of rotatable bonds is 8. The minimum absolute atomic E-state index is 0.0626. The van der Waals surface area contributed by atoms with Gasteiger partial charge < -0.3 is 24.6 Å². The van der Waals surface area contributed by atoms with Crippen LogP contribution in [-0.4, -0.2) is 92.5 Å². The predicted octanol–water partition coefficient (Wildman–Crippen LogP) is 1.46. The molecule has 0 saturated carbocycles. The topological polar surface area (TPSA) is 109 Å². The third kappa shape index (κ3) is 5.17. The van der Waals surface area contributed by atoms with Gasteiger partial charge in [-0.1, -0.05) is 0 Å². The Morgan fingerprint density at radius 3 is 2.41 bits per heavy atom. The zero-order chi connectivity index (χ0) is 22.3. The Hall–Kier alpha value is -3.18. The Morgan fingerprint density at radius 2 is 1.75 bits per heavy atom. The molecule has 11 heteroatoms. The van der Waals surface area contributed by atoms with Crippen molar-refractivity contribution < 1.29 is 14.4 Å². The Balaban J connectivity index is 1.40. The highest BCUT2D eigenvalue weighted by atomic mass is 16.6. The fraction of sp³-hybridized carbons (Fsp3) is 0.524. The number of methoxy groups -OCH3 is 1. The number of ether oxygens (including phenoxy) is 2. The number of aromatic nitrogens is 2. The molecule has 2 fully saturated rings. The summed E-state index contributed by atoms with van der Waals surface area (Å²) < 4.78 is 10.6. The second-order valence-electron chi connectivity index (χ2n) is 7.70. The molecular formula is C21H29N7O4. The minimum Gasteiger partial charge on any atom is -0.497 e. The number of benzene rings is 1. The van der Waals surface area contributed by atoms with Gasteiger partial charge in [0, 0.05) is 58.0 Å². The fourth-order valence-corrected chi connectivity index (χ4v) is 4.03. The third-order valence-electron chi connectivity index (χ3n) is 5.83. The summed E-state index contributed by atoms with van der Waals surface area (Å²) in [7, 11) is 1.65. The van der Waals surface area contributed by atoms with Crippen molar-refractivity contribution in [2.45, 2.75) is 0 Å². The number of anilines is 3. The van der Waals surface area contributed by atoms with Gasteiger partial charge in [-0.15, -0.1) is 0 Å². The van der Waals surface area contributed by atoms with Gasteiger partial charge in [0.1, 0.15) is 12.1 Å². The second kappa shape index (κ2) is 10.4. The van der Waals surface area contributed by atoms with Gasteiger partial charge in [0.2, 0.25) is 11.6 Å². The molecule has 11 nitrogen and oxygen atoms in total. The van der Waals surface area contributed by atoms with Crippen molar-refractivity contribution >= 4 is 23.0 Å². The van der Waals surface area contributed by atoms with Crippen molar-refractivity contribution in [2.75, 3.05) is 87.8 Å². The maximum Gasteiger partial charge on any atom is 0.353 e. The normalized spacial score (nSPS) is 17.3. The molecular weight excluding hydrogens is 414 g/mol. The van der Waals surface area contributed by atoms with Crippen molar-refractivity contribution in [1.29, 1.82) is 0 Å². The van der Waals surface area contributed by atoms with Gasteiger partial charge in [0.05, 0.1) is 25.2 Å². The minimum atomic E-state index is -0.387. The van der Waals surface area contributed by atoms with E-state index in [1.54, 1.807) is 7.11 Å². The standard InChI is InChI=1S/C21H29N7O4/c1-31-18-4-2-17(3-5-18)26-8-10-27(11-9-26)21-19(28(29)30)20(23-16-24-21)22-6-7-25-12-14-32-15-13-25/h2-5,16H,6-15H2,1H3,(H,22,23,24). The molecule has 2 aliphatic heterocycles. The zero-order valence-corrected chi connectivity index (χ0v) is 18.3. The first kappa shape index (κ1) is 22.0. The van der Waals surface area contributed by atoms with E-state index in [1.165, 1.54) is 6.33 Å². The molecule has 2 aromatic rings. The van der Waals surface area contributed by atoms with E-state index in [4.69, 9.17) is 9.47 Å². The highest BCUT2D eigenvalue weighted by molar-refractivity contribution is 5.70. The molecule has 0 aliphatic carbocycles. The van der Waals surface area contributed by atoms with Gasteiger partial charge in [-0.2, -0.15) is 0 Å². The van der Waals surface area contributed by atoms with Crippen LogP contribution in [0.2, 0.25) is 0 Å². The highest BCUT2D eigenvalue weighted by Gasteiger charge is 2.29. The Morgan fingerprint density at radius 1 is 1.06 bits per heavy atom. The monoisotopic (exact) mass is 443 g/mol. The molecule has 172 valence electrons. The molecule has 2 aliphatic rings. The van der Waals surface area contributed by atoms with Crippen LogP contribution in [0.4, 0.5) is 23.0 Å². The number of nitrogens with zero attached hydrogens (tertiary/aromatic N) is 6. The van der Waals surface area contributed by atoms with E-state index >= 15 is 0 Å². The van der Waals surface area contributed by atoms with Gasteiger partial charge in [-0.05, 0) is 24.3 Å². The van der Waals surface area contributed by atoms with Gasteiger partial charge in [-0.3, -0.25) is 15.0 Å². The summed E-state index contributed by atoms with van der Waals surface area (Å²) in [4.78, 5) is 26.4. The lowest BCUT2D eigenvalue weighted by atomic mass is 10.2. The van der Waals surface area contributed by atoms with Crippen molar-refractivity contribution in [1.82, 2.24) is 14.9 Å². The summed E-state index contributed by atoms with van der Waals surface area (Å²) in [6.07, 6.45) is 1.40. The molecule has 3 heterocycles.